The number of nitrogens with one attached hydrogen (secondary N) is 3. The second-order valence-electron chi connectivity index (χ2n) is 4.16. The Bertz CT molecular complexity index is 597. The van der Waals surface area contributed by atoms with E-state index in [0.717, 1.165) is 24.0 Å². The molecule has 0 fully saturated rings. The lowest BCUT2D eigenvalue weighted by atomic mass is 10.2. The molecule has 0 aliphatic rings. The topological polar surface area (TPSA) is 82.7 Å². The maximum absolute atomic E-state index is 12.7. The zero-order valence-corrected chi connectivity index (χ0v) is 10.7. The zero-order chi connectivity index (χ0) is 15.3. The highest BCUT2D eigenvalue weighted by Gasteiger charge is 2.33. The van der Waals surface area contributed by atoms with Crippen LogP contribution in [0.2, 0.25) is 0 Å². The number of carbonyl (C=O) groups excluding carboxylic acids is 1. The van der Waals surface area contributed by atoms with Gasteiger partial charge in [0.25, 0.3) is 0 Å². The molecule has 2 heterocycles. The molecule has 0 aliphatic carbocycles. The third kappa shape index (κ3) is 4.20. The van der Waals surface area contributed by atoms with Crippen LogP contribution in [-0.2, 0) is 12.6 Å². The predicted octanol–water partition coefficient (Wildman–Crippen LogP) is 2.19. The van der Waals surface area contributed by atoms with Gasteiger partial charge in [0, 0.05) is 18.9 Å². The molecule has 0 saturated heterocycles. The van der Waals surface area contributed by atoms with Crippen molar-refractivity contribution < 1.29 is 18.0 Å². The van der Waals surface area contributed by atoms with Gasteiger partial charge in [0.15, 0.2) is 0 Å². The third-order valence-electron chi connectivity index (χ3n) is 2.63. The smallest absolute Gasteiger partial charge is 0.338 e. The number of carbonyl (C=O) groups is 1. The number of hydrogen-bond donors (Lipinski definition) is 3. The van der Waals surface area contributed by atoms with E-state index in [2.05, 4.69) is 25.8 Å². The number of anilines is 1. The van der Waals surface area contributed by atoms with Crippen LogP contribution in [0, 0.1) is 0 Å². The van der Waals surface area contributed by atoms with Gasteiger partial charge in [-0.25, -0.2) is 4.79 Å². The van der Waals surface area contributed by atoms with E-state index in [1.807, 2.05) is 0 Å². The van der Waals surface area contributed by atoms with E-state index in [1.54, 1.807) is 12.4 Å². The number of urea groups is 1. The molecule has 2 aromatic heterocycles. The molecule has 6 nitrogen and oxygen atoms in total. The number of amides is 2. The van der Waals surface area contributed by atoms with Gasteiger partial charge in [0.1, 0.15) is 0 Å². The second kappa shape index (κ2) is 6.25. The first kappa shape index (κ1) is 14.8. The van der Waals surface area contributed by atoms with Crippen LogP contribution in [-0.4, -0.2) is 27.8 Å². The molecular weight excluding hydrogens is 287 g/mol. The van der Waals surface area contributed by atoms with Gasteiger partial charge < -0.3 is 10.6 Å². The maximum Gasteiger partial charge on any atom is 0.418 e. The number of pyridine rings is 1. The van der Waals surface area contributed by atoms with Crippen LogP contribution in [0.5, 0.6) is 0 Å². The van der Waals surface area contributed by atoms with Gasteiger partial charge in [0.2, 0.25) is 0 Å². The molecule has 0 aliphatic heterocycles. The minimum absolute atomic E-state index is 0.271. The van der Waals surface area contributed by atoms with Crippen molar-refractivity contribution in [2.45, 2.75) is 12.6 Å². The van der Waals surface area contributed by atoms with Gasteiger partial charge in [-0.15, -0.1) is 0 Å². The Morgan fingerprint density at radius 2 is 2.14 bits per heavy atom. The zero-order valence-electron chi connectivity index (χ0n) is 10.7. The first-order valence-electron chi connectivity index (χ1n) is 6.00. The van der Waals surface area contributed by atoms with Crippen molar-refractivity contribution in [3.05, 3.63) is 42.0 Å². The number of alkyl halides is 3. The van der Waals surface area contributed by atoms with Crippen LogP contribution in [0.4, 0.5) is 23.7 Å². The first-order chi connectivity index (χ1) is 9.97. The van der Waals surface area contributed by atoms with E-state index in [1.165, 1.54) is 0 Å². The fraction of sp³-hybridized carbons (Fsp3) is 0.250. The van der Waals surface area contributed by atoms with Crippen molar-refractivity contribution in [2.75, 3.05) is 11.9 Å². The van der Waals surface area contributed by atoms with Crippen LogP contribution in [0.15, 0.2) is 30.9 Å². The van der Waals surface area contributed by atoms with Gasteiger partial charge in [-0.1, -0.05) is 0 Å². The van der Waals surface area contributed by atoms with Crippen LogP contribution in [0.3, 0.4) is 0 Å². The summed E-state index contributed by atoms with van der Waals surface area (Å²) in [7, 11) is 0. The summed E-state index contributed by atoms with van der Waals surface area (Å²) in [6.07, 6.45) is 1.21. The van der Waals surface area contributed by atoms with Gasteiger partial charge in [-0.2, -0.15) is 18.3 Å². The number of nitrogens with zero attached hydrogens (tertiary/aromatic N) is 2. The summed E-state index contributed by atoms with van der Waals surface area (Å²) < 4.78 is 38.2. The fourth-order valence-electron chi connectivity index (χ4n) is 1.64. The Kier molecular flexibility index (Phi) is 4.41. The molecule has 0 spiro atoms. The minimum Gasteiger partial charge on any atom is -0.338 e. The minimum atomic E-state index is -4.55. The Labute approximate surface area is 117 Å². The molecule has 0 aromatic carbocycles. The summed E-state index contributed by atoms with van der Waals surface area (Å²) in [6.45, 7) is 0.271. The van der Waals surface area contributed by atoms with Crippen molar-refractivity contribution in [3.8, 4) is 0 Å². The van der Waals surface area contributed by atoms with E-state index < -0.39 is 17.8 Å². The van der Waals surface area contributed by atoms with Gasteiger partial charge >= 0.3 is 12.2 Å². The molecule has 0 saturated carbocycles. The van der Waals surface area contributed by atoms with Crippen LogP contribution in [0.1, 0.15) is 11.1 Å². The Hall–Kier alpha value is -2.58. The summed E-state index contributed by atoms with van der Waals surface area (Å²) in [5, 5.41) is 11.0. The second-order valence-corrected chi connectivity index (χ2v) is 4.16. The predicted molar refractivity (Wildman–Crippen MR) is 68.6 cm³/mol. The summed E-state index contributed by atoms with van der Waals surface area (Å²) in [6, 6.07) is 0.0816. The molecule has 9 heteroatoms. The molecule has 0 unspecified atom stereocenters. The number of rotatable bonds is 4. The third-order valence-corrected chi connectivity index (χ3v) is 2.63. The van der Waals surface area contributed by atoms with E-state index >= 15 is 0 Å². The highest BCUT2D eigenvalue weighted by atomic mass is 19.4. The maximum atomic E-state index is 12.7. The standard InChI is InChI=1S/C12H12F3N5O/c13-12(14,15)9-2-3-16-7-10(9)20-11(21)17-4-1-8-5-18-19-6-8/h2-3,5-7H,1,4H2,(H,18,19)(H2,17,20,21). The van der Waals surface area contributed by atoms with Crippen LogP contribution < -0.4 is 10.6 Å². The van der Waals surface area contributed by atoms with Crippen molar-refractivity contribution >= 4 is 11.7 Å². The molecular formula is C12H12F3N5O. The Balaban J connectivity index is 1.91. The highest BCUT2D eigenvalue weighted by molar-refractivity contribution is 5.89. The first-order valence-corrected chi connectivity index (χ1v) is 6.00. The van der Waals surface area contributed by atoms with Crippen molar-refractivity contribution in [1.29, 1.82) is 0 Å². The Morgan fingerprint density at radius 1 is 1.33 bits per heavy atom. The van der Waals surface area contributed by atoms with E-state index in [4.69, 9.17) is 0 Å². The number of hydrogen-bond acceptors (Lipinski definition) is 3. The summed E-state index contributed by atoms with van der Waals surface area (Å²) in [5.41, 5.74) is -0.444. The monoisotopic (exact) mass is 299 g/mol. The number of halogens is 3. The largest absolute Gasteiger partial charge is 0.418 e. The van der Waals surface area contributed by atoms with Gasteiger partial charge in [-0.05, 0) is 18.1 Å². The summed E-state index contributed by atoms with van der Waals surface area (Å²) in [5.74, 6) is 0. The van der Waals surface area contributed by atoms with E-state index in [9.17, 15) is 18.0 Å². The normalized spacial score (nSPS) is 11.2. The van der Waals surface area contributed by atoms with E-state index in [0.29, 0.717) is 6.42 Å². The lowest BCUT2D eigenvalue weighted by Gasteiger charge is -2.13. The molecule has 21 heavy (non-hydrogen) atoms. The molecule has 0 atom stereocenters. The van der Waals surface area contributed by atoms with Crippen LogP contribution >= 0.6 is 0 Å². The molecule has 112 valence electrons. The number of aromatic nitrogens is 3. The average molecular weight is 299 g/mol. The van der Waals surface area contributed by atoms with Gasteiger partial charge in [-0.3, -0.25) is 10.1 Å². The SMILES string of the molecule is O=C(NCCc1cn[nH]c1)Nc1cnccc1C(F)(F)F. The molecule has 0 bridgehead atoms. The molecule has 2 amide bonds. The molecule has 2 aromatic rings. The van der Waals surface area contributed by atoms with E-state index in [-0.39, 0.29) is 12.2 Å². The molecule has 0 radical (unpaired) electrons. The lowest BCUT2D eigenvalue weighted by molar-refractivity contribution is -0.137. The van der Waals surface area contributed by atoms with Crippen molar-refractivity contribution in [2.24, 2.45) is 0 Å². The lowest BCUT2D eigenvalue weighted by Crippen LogP contribution is -2.31. The van der Waals surface area contributed by atoms with Crippen molar-refractivity contribution in [3.63, 3.8) is 0 Å². The summed E-state index contributed by atoms with van der Waals surface area (Å²) >= 11 is 0. The summed E-state index contributed by atoms with van der Waals surface area (Å²) in [4.78, 5) is 15.2. The van der Waals surface area contributed by atoms with Gasteiger partial charge in [0.05, 0.1) is 23.6 Å². The Morgan fingerprint density at radius 3 is 2.81 bits per heavy atom. The number of aromatic amines is 1. The fourth-order valence-corrected chi connectivity index (χ4v) is 1.64. The molecule has 2 rings (SSSR count). The quantitative estimate of drug-likeness (QED) is 0.809. The van der Waals surface area contributed by atoms with Crippen molar-refractivity contribution in [1.82, 2.24) is 20.5 Å². The van der Waals surface area contributed by atoms with Crippen LogP contribution in [0.25, 0.3) is 0 Å². The average Bonchev–Trinajstić information content (AvgIpc) is 2.91. The molecule has 3 N–H and O–H groups in total. The number of H-pyrrole nitrogens is 1. The highest BCUT2D eigenvalue weighted by Crippen LogP contribution is 2.33.